The third kappa shape index (κ3) is 3.22. The normalized spacial score (nSPS) is 14.9. The Labute approximate surface area is 154 Å². The second kappa shape index (κ2) is 7.01. The van der Waals surface area contributed by atoms with Gasteiger partial charge < -0.3 is 9.80 Å². The molecule has 0 spiro atoms. The average molecular weight is 384 g/mol. The summed E-state index contributed by atoms with van der Waals surface area (Å²) in [5, 5.41) is 1.01. The highest BCUT2D eigenvalue weighted by Gasteiger charge is 2.30. The van der Waals surface area contributed by atoms with E-state index in [-0.39, 0.29) is 23.4 Å². The maximum absolute atomic E-state index is 12.6. The number of rotatable bonds is 2. The topological polar surface area (TPSA) is 40.6 Å². The zero-order valence-electron chi connectivity index (χ0n) is 12.5. The van der Waals surface area contributed by atoms with Gasteiger partial charge in [0.1, 0.15) is 6.54 Å². The number of benzene rings is 2. The Morgan fingerprint density at radius 3 is 2.33 bits per heavy atom. The predicted molar refractivity (Wildman–Crippen MR) is 96.2 cm³/mol. The van der Waals surface area contributed by atoms with Gasteiger partial charge in [-0.25, -0.2) is 0 Å². The molecule has 0 atom stereocenters. The second-order valence-corrected chi connectivity index (χ2v) is 6.52. The highest BCUT2D eigenvalue weighted by Crippen LogP contribution is 2.29. The van der Waals surface area contributed by atoms with Crippen molar-refractivity contribution in [2.24, 2.45) is 0 Å². The molecule has 2 amide bonds. The molecule has 1 aliphatic heterocycles. The SMILES string of the molecule is O=C(c1cccc(Cl)c1Cl)N1CCN(c2ccccc2Cl)C(=O)C1. The van der Waals surface area contributed by atoms with Crippen molar-refractivity contribution in [3.05, 3.63) is 63.1 Å². The van der Waals surface area contributed by atoms with Crippen molar-refractivity contribution in [2.75, 3.05) is 24.5 Å². The lowest BCUT2D eigenvalue weighted by Crippen LogP contribution is -2.52. The lowest BCUT2D eigenvalue weighted by molar-refractivity contribution is -0.120. The van der Waals surface area contributed by atoms with Crippen LogP contribution in [0.5, 0.6) is 0 Å². The molecule has 1 heterocycles. The van der Waals surface area contributed by atoms with Crippen LogP contribution in [0.15, 0.2) is 42.5 Å². The van der Waals surface area contributed by atoms with Gasteiger partial charge in [0, 0.05) is 13.1 Å². The third-order valence-corrected chi connectivity index (χ3v) is 4.97. The van der Waals surface area contributed by atoms with Crippen LogP contribution in [-0.4, -0.2) is 36.3 Å². The summed E-state index contributed by atoms with van der Waals surface area (Å²) in [7, 11) is 0. The van der Waals surface area contributed by atoms with Gasteiger partial charge in [-0.05, 0) is 24.3 Å². The molecule has 4 nitrogen and oxygen atoms in total. The van der Waals surface area contributed by atoms with Gasteiger partial charge in [0.05, 0.1) is 26.3 Å². The molecule has 24 heavy (non-hydrogen) atoms. The molecule has 3 rings (SSSR count). The molecule has 0 saturated carbocycles. The van der Waals surface area contributed by atoms with Crippen LogP contribution in [0.25, 0.3) is 0 Å². The Kier molecular flexibility index (Phi) is 4.99. The van der Waals surface area contributed by atoms with Crippen LogP contribution in [0, 0.1) is 0 Å². The van der Waals surface area contributed by atoms with Crippen LogP contribution >= 0.6 is 34.8 Å². The third-order valence-electron chi connectivity index (χ3n) is 3.83. The minimum absolute atomic E-state index is 0.0348. The van der Waals surface area contributed by atoms with Crippen molar-refractivity contribution >= 4 is 52.3 Å². The summed E-state index contributed by atoms with van der Waals surface area (Å²) in [4.78, 5) is 28.1. The minimum atomic E-state index is -0.311. The first-order chi connectivity index (χ1) is 11.5. The number of para-hydroxylation sites is 1. The molecule has 0 radical (unpaired) electrons. The van der Waals surface area contributed by atoms with Crippen molar-refractivity contribution < 1.29 is 9.59 Å². The summed E-state index contributed by atoms with van der Waals surface area (Å²) in [6, 6.07) is 12.0. The van der Waals surface area contributed by atoms with Gasteiger partial charge in [0.2, 0.25) is 5.91 Å². The molecule has 124 valence electrons. The molecule has 0 bridgehead atoms. The fraction of sp³-hybridized carbons (Fsp3) is 0.176. The summed E-state index contributed by atoms with van der Waals surface area (Å²) in [6.07, 6.45) is 0. The lowest BCUT2D eigenvalue weighted by atomic mass is 10.1. The standard InChI is InChI=1S/C17H13Cl3N2O2/c18-12-5-1-2-7-14(12)22-9-8-21(10-15(22)23)17(24)11-4-3-6-13(19)16(11)20/h1-7H,8-10H2. The molecular formula is C17H13Cl3N2O2. The fourth-order valence-electron chi connectivity index (χ4n) is 2.61. The van der Waals surface area contributed by atoms with E-state index in [2.05, 4.69) is 0 Å². The summed E-state index contributed by atoms with van der Waals surface area (Å²) in [5.41, 5.74) is 0.945. The Hall–Kier alpha value is -1.75. The lowest BCUT2D eigenvalue weighted by Gasteiger charge is -2.34. The summed E-state index contributed by atoms with van der Waals surface area (Å²) in [5.74, 6) is -0.504. The Balaban J connectivity index is 1.78. The van der Waals surface area contributed by atoms with Gasteiger partial charge >= 0.3 is 0 Å². The number of anilines is 1. The van der Waals surface area contributed by atoms with E-state index in [1.54, 1.807) is 41.3 Å². The monoisotopic (exact) mass is 382 g/mol. The van der Waals surface area contributed by atoms with Crippen molar-refractivity contribution in [2.45, 2.75) is 0 Å². The number of carbonyl (C=O) groups is 2. The van der Waals surface area contributed by atoms with E-state index in [0.717, 1.165) is 0 Å². The van der Waals surface area contributed by atoms with Crippen LogP contribution in [0.1, 0.15) is 10.4 Å². The van der Waals surface area contributed by atoms with E-state index < -0.39 is 0 Å². The van der Waals surface area contributed by atoms with Gasteiger partial charge in [0.25, 0.3) is 5.91 Å². The molecule has 1 saturated heterocycles. The number of nitrogens with zero attached hydrogens (tertiary/aromatic N) is 2. The first kappa shape index (κ1) is 17.1. The Bertz CT molecular complexity index is 810. The number of amides is 2. The van der Waals surface area contributed by atoms with E-state index in [1.807, 2.05) is 6.07 Å². The Morgan fingerprint density at radius 2 is 1.62 bits per heavy atom. The summed E-state index contributed by atoms with van der Waals surface area (Å²) in [6.45, 7) is 0.720. The van der Waals surface area contributed by atoms with Crippen molar-refractivity contribution in [3.8, 4) is 0 Å². The van der Waals surface area contributed by atoms with E-state index in [0.29, 0.717) is 34.4 Å². The van der Waals surface area contributed by atoms with Gasteiger partial charge in [-0.1, -0.05) is 53.0 Å². The zero-order chi connectivity index (χ0) is 17.3. The van der Waals surface area contributed by atoms with Crippen LogP contribution < -0.4 is 4.90 Å². The quantitative estimate of drug-likeness (QED) is 0.782. The maximum Gasteiger partial charge on any atom is 0.255 e. The number of hydrogen-bond acceptors (Lipinski definition) is 2. The van der Waals surface area contributed by atoms with Crippen LogP contribution in [-0.2, 0) is 4.79 Å². The first-order valence-electron chi connectivity index (χ1n) is 7.27. The van der Waals surface area contributed by atoms with E-state index in [4.69, 9.17) is 34.8 Å². The van der Waals surface area contributed by atoms with Gasteiger partial charge in [-0.3, -0.25) is 9.59 Å². The van der Waals surface area contributed by atoms with Crippen molar-refractivity contribution in [1.29, 1.82) is 0 Å². The molecule has 1 fully saturated rings. The van der Waals surface area contributed by atoms with Crippen molar-refractivity contribution in [3.63, 3.8) is 0 Å². The fourth-order valence-corrected chi connectivity index (χ4v) is 3.23. The highest BCUT2D eigenvalue weighted by atomic mass is 35.5. The molecule has 2 aromatic rings. The molecule has 0 aliphatic carbocycles. The molecule has 0 aromatic heterocycles. The first-order valence-corrected chi connectivity index (χ1v) is 8.40. The van der Waals surface area contributed by atoms with Gasteiger partial charge in [0.15, 0.2) is 0 Å². The largest absolute Gasteiger partial charge is 0.327 e. The number of carbonyl (C=O) groups excluding carboxylic acids is 2. The van der Waals surface area contributed by atoms with Crippen LogP contribution in [0.4, 0.5) is 5.69 Å². The van der Waals surface area contributed by atoms with Gasteiger partial charge in [-0.15, -0.1) is 0 Å². The average Bonchev–Trinajstić information content (AvgIpc) is 2.57. The van der Waals surface area contributed by atoms with Crippen molar-refractivity contribution in [1.82, 2.24) is 4.90 Å². The van der Waals surface area contributed by atoms with E-state index >= 15 is 0 Å². The summed E-state index contributed by atoms with van der Waals surface area (Å²) < 4.78 is 0. The van der Waals surface area contributed by atoms with Crippen LogP contribution in [0.2, 0.25) is 15.1 Å². The molecule has 7 heteroatoms. The highest BCUT2D eigenvalue weighted by molar-refractivity contribution is 6.43. The Morgan fingerprint density at radius 1 is 0.917 bits per heavy atom. The molecule has 2 aromatic carbocycles. The van der Waals surface area contributed by atoms with E-state index in [1.165, 1.54) is 4.90 Å². The molecular weight excluding hydrogens is 371 g/mol. The van der Waals surface area contributed by atoms with E-state index in [9.17, 15) is 9.59 Å². The molecule has 1 aliphatic rings. The van der Waals surface area contributed by atoms with Gasteiger partial charge in [-0.2, -0.15) is 0 Å². The van der Waals surface area contributed by atoms with Crippen LogP contribution in [0.3, 0.4) is 0 Å². The molecule has 0 N–H and O–H groups in total. The molecule has 0 unspecified atom stereocenters. The summed E-state index contributed by atoms with van der Waals surface area (Å²) >= 11 is 18.2. The minimum Gasteiger partial charge on any atom is -0.327 e. The number of piperazine rings is 1. The maximum atomic E-state index is 12.6. The second-order valence-electron chi connectivity index (χ2n) is 5.32. The number of hydrogen-bond donors (Lipinski definition) is 0. The zero-order valence-corrected chi connectivity index (χ0v) is 14.8. The number of halogens is 3. The predicted octanol–water partition coefficient (Wildman–Crippen LogP) is 4.14. The smallest absolute Gasteiger partial charge is 0.255 e.